The summed E-state index contributed by atoms with van der Waals surface area (Å²) in [7, 11) is 0. The second-order valence-corrected chi connectivity index (χ2v) is 12.1. The Balaban J connectivity index is 1.50. The highest BCUT2D eigenvalue weighted by Crippen LogP contribution is 2.42. The molecule has 0 amide bonds. The second-order valence-electron chi connectivity index (χ2n) is 12.1. The molecule has 5 heteroatoms. The normalized spacial score (nSPS) is 22.8. The van der Waals surface area contributed by atoms with Crippen molar-refractivity contribution in [1.82, 2.24) is 0 Å². The number of rotatable bonds is 18. The molecule has 46 heavy (non-hydrogen) atoms. The molecule has 0 radical (unpaired) electrons. The molecule has 0 bridgehead atoms. The molecule has 0 saturated carbocycles. The molecule has 4 aromatic carbocycles. The van der Waals surface area contributed by atoms with Crippen LogP contribution in [0.4, 0.5) is 0 Å². The van der Waals surface area contributed by atoms with Crippen LogP contribution in [0.5, 0.6) is 0 Å². The minimum absolute atomic E-state index is 0.357. The predicted octanol–water partition coefficient (Wildman–Crippen LogP) is 8.86. The predicted molar refractivity (Wildman–Crippen MR) is 183 cm³/mol. The fraction of sp³-hybridized carbons (Fsp3) is 0.366. The van der Waals surface area contributed by atoms with E-state index in [1.807, 2.05) is 78.9 Å². The lowest BCUT2D eigenvalue weighted by molar-refractivity contribution is -0.309. The van der Waals surface area contributed by atoms with Crippen LogP contribution in [0.25, 0.3) is 0 Å². The third kappa shape index (κ3) is 9.47. The molecule has 1 aliphatic rings. The van der Waals surface area contributed by atoms with Crippen molar-refractivity contribution in [1.29, 1.82) is 0 Å². The molecule has 1 saturated heterocycles. The van der Waals surface area contributed by atoms with Gasteiger partial charge < -0.3 is 23.7 Å². The highest BCUT2D eigenvalue weighted by Gasteiger charge is 2.55. The molecular formula is C41H48O5. The maximum Gasteiger partial charge on any atom is 0.116 e. The number of unbranched alkanes of at least 4 members (excludes halogenated alkanes) is 1. The van der Waals surface area contributed by atoms with Crippen LogP contribution in [0.3, 0.4) is 0 Å². The lowest BCUT2D eigenvalue weighted by Crippen LogP contribution is -2.67. The molecule has 1 aliphatic heterocycles. The summed E-state index contributed by atoms with van der Waals surface area (Å²) in [6.45, 7) is 8.50. The second kappa shape index (κ2) is 17.9. The summed E-state index contributed by atoms with van der Waals surface area (Å²) >= 11 is 0. The Labute approximate surface area is 275 Å². The lowest BCUT2D eigenvalue weighted by atomic mass is 9.78. The Bertz CT molecular complexity index is 1400. The summed E-state index contributed by atoms with van der Waals surface area (Å²) in [4.78, 5) is 0. The zero-order chi connectivity index (χ0) is 31.9. The van der Waals surface area contributed by atoms with Crippen LogP contribution in [-0.4, -0.2) is 36.6 Å². The van der Waals surface area contributed by atoms with Gasteiger partial charge in [-0.1, -0.05) is 147 Å². The average molecular weight is 621 g/mol. The van der Waals surface area contributed by atoms with Crippen LogP contribution >= 0.6 is 0 Å². The van der Waals surface area contributed by atoms with Crippen molar-refractivity contribution in [3.05, 3.63) is 156 Å². The van der Waals surface area contributed by atoms with E-state index >= 15 is 0 Å². The first-order valence-corrected chi connectivity index (χ1v) is 16.6. The number of hydrogen-bond acceptors (Lipinski definition) is 5. The van der Waals surface area contributed by atoms with Crippen LogP contribution in [0.2, 0.25) is 0 Å². The molecule has 5 nitrogen and oxygen atoms in total. The quantitative estimate of drug-likeness (QED) is 0.104. The van der Waals surface area contributed by atoms with Crippen LogP contribution < -0.4 is 0 Å². The lowest BCUT2D eigenvalue weighted by Gasteiger charge is -2.53. The van der Waals surface area contributed by atoms with Crippen molar-refractivity contribution in [3.63, 3.8) is 0 Å². The van der Waals surface area contributed by atoms with Gasteiger partial charge >= 0.3 is 0 Å². The van der Waals surface area contributed by atoms with Gasteiger partial charge in [0.1, 0.15) is 30.0 Å². The molecule has 0 spiro atoms. The summed E-state index contributed by atoms with van der Waals surface area (Å²) in [5.74, 6) is 0. The standard InChI is InChI=1S/C41H48O5/c1-3-5-27-41(26-4-2)40(45-31-36-24-16-9-17-25-36)39(44-30-35-22-14-8-15-23-35)38(43-29-34-20-12-7-13-21-34)37(46-41)32-42-28-33-18-10-6-11-19-33/h4,6-25,37-40H,2-3,5,26-32H2,1H3/t37-,38-,39+,40-,41?/m1/s1. The zero-order valence-corrected chi connectivity index (χ0v) is 27.0. The molecule has 0 N–H and O–H groups in total. The van der Waals surface area contributed by atoms with Crippen molar-refractivity contribution >= 4 is 0 Å². The first kappa shape index (κ1) is 33.8. The maximum absolute atomic E-state index is 7.21. The molecule has 242 valence electrons. The first-order chi connectivity index (χ1) is 22.7. The van der Waals surface area contributed by atoms with Crippen molar-refractivity contribution in [2.75, 3.05) is 6.61 Å². The number of hydrogen-bond donors (Lipinski definition) is 0. The monoisotopic (exact) mass is 620 g/mol. The van der Waals surface area contributed by atoms with Crippen LogP contribution in [0.15, 0.2) is 134 Å². The fourth-order valence-electron chi connectivity index (χ4n) is 6.23. The van der Waals surface area contributed by atoms with E-state index in [9.17, 15) is 0 Å². The number of ether oxygens (including phenoxy) is 5. The van der Waals surface area contributed by atoms with E-state index in [2.05, 4.69) is 62.0 Å². The van der Waals surface area contributed by atoms with Crippen LogP contribution in [0, 0.1) is 0 Å². The Morgan fingerprint density at radius 1 is 0.630 bits per heavy atom. The van der Waals surface area contributed by atoms with Crippen LogP contribution in [0.1, 0.15) is 54.9 Å². The SMILES string of the molecule is C=CCC1(CCCC)O[C@H](COCc2ccccc2)[C@@H](OCc2ccccc2)[C@H](OCc2ccccc2)[C@H]1OCc1ccccc1. The highest BCUT2D eigenvalue weighted by molar-refractivity contribution is 5.17. The Morgan fingerprint density at radius 3 is 1.57 bits per heavy atom. The molecule has 1 heterocycles. The molecule has 4 aromatic rings. The summed E-state index contributed by atoms with van der Waals surface area (Å²) in [5.41, 5.74) is 3.73. The van der Waals surface area contributed by atoms with Gasteiger partial charge in [0, 0.05) is 0 Å². The summed E-state index contributed by atoms with van der Waals surface area (Å²) in [6.07, 6.45) is 3.73. The topological polar surface area (TPSA) is 46.2 Å². The first-order valence-electron chi connectivity index (χ1n) is 16.6. The van der Waals surface area contributed by atoms with E-state index in [-0.39, 0.29) is 6.10 Å². The fourth-order valence-corrected chi connectivity index (χ4v) is 6.23. The summed E-state index contributed by atoms with van der Waals surface area (Å²) < 4.78 is 34.2. The molecule has 1 fully saturated rings. The average Bonchev–Trinajstić information content (AvgIpc) is 3.11. The van der Waals surface area contributed by atoms with E-state index in [4.69, 9.17) is 23.7 Å². The molecule has 0 aromatic heterocycles. The highest BCUT2D eigenvalue weighted by atomic mass is 16.6. The minimum Gasteiger partial charge on any atom is -0.374 e. The van der Waals surface area contributed by atoms with Crippen molar-refractivity contribution < 1.29 is 23.7 Å². The van der Waals surface area contributed by atoms with Crippen molar-refractivity contribution in [2.24, 2.45) is 0 Å². The van der Waals surface area contributed by atoms with Gasteiger partial charge in [-0.25, -0.2) is 0 Å². The Kier molecular flexibility index (Phi) is 13.2. The van der Waals surface area contributed by atoms with Crippen molar-refractivity contribution in [2.45, 2.75) is 89.1 Å². The van der Waals surface area contributed by atoms with Crippen LogP contribution in [-0.2, 0) is 50.1 Å². The van der Waals surface area contributed by atoms with E-state index in [1.54, 1.807) is 0 Å². The van der Waals surface area contributed by atoms with E-state index in [1.165, 1.54) is 0 Å². The molecular weight excluding hydrogens is 572 g/mol. The minimum atomic E-state index is -0.665. The third-order valence-corrected chi connectivity index (χ3v) is 8.57. The van der Waals surface area contributed by atoms with Gasteiger partial charge in [-0.05, 0) is 35.1 Å². The van der Waals surface area contributed by atoms with Gasteiger partial charge in [-0.3, -0.25) is 0 Å². The van der Waals surface area contributed by atoms with E-state index in [0.717, 1.165) is 41.5 Å². The van der Waals surface area contributed by atoms with E-state index in [0.29, 0.717) is 39.5 Å². The Morgan fingerprint density at radius 2 is 1.09 bits per heavy atom. The third-order valence-electron chi connectivity index (χ3n) is 8.57. The van der Waals surface area contributed by atoms with Gasteiger partial charge in [0.2, 0.25) is 0 Å². The molecule has 5 atom stereocenters. The molecule has 0 aliphatic carbocycles. The van der Waals surface area contributed by atoms with Gasteiger partial charge in [0.15, 0.2) is 0 Å². The maximum atomic E-state index is 7.21. The van der Waals surface area contributed by atoms with E-state index < -0.39 is 23.9 Å². The number of benzene rings is 4. The summed E-state index contributed by atoms with van der Waals surface area (Å²) in [5, 5.41) is 0. The summed E-state index contributed by atoms with van der Waals surface area (Å²) in [6, 6.07) is 41.1. The molecule has 5 rings (SSSR count). The van der Waals surface area contributed by atoms with Gasteiger partial charge in [0.25, 0.3) is 0 Å². The Hall–Kier alpha value is -3.58. The smallest absolute Gasteiger partial charge is 0.116 e. The molecule has 1 unspecified atom stereocenters. The van der Waals surface area contributed by atoms with Gasteiger partial charge in [0.05, 0.1) is 33.0 Å². The van der Waals surface area contributed by atoms with Gasteiger partial charge in [-0.2, -0.15) is 0 Å². The van der Waals surface area contributed by atoms with Gasteiger partial charge in [-0.15, -0.1) is 6.58 Å². The van der Waals surface area contributed by atoms with Crippen molar-refractivity contribution in [3.8, 4) is 0 Å². The largest absolute Gasteiger partial charge is 0.374 e. The zero-order valence-electron chi connectivity index (χ0n) is 27.0.